The Kier molecular flexibility index (Phi) is 6.35. The maximum Gasteiger partial charge on any atom is 0.417 e. The number of alkyl halides is 3. The van der Waals surface area contributed by atoms with Gasteiger partial charge in [0.1, 0.15) is 0 Å². The Labute approximate surface area is 181 Å². The van der Waals surface area contributed by atoms with E-state index in [2.05, 4.69) is 5.32 Å². The lowest BCUT2D eigenvalue weighted by Crippen LogP contribution is -2.25. The first kappa shape index (κ1) is 22.5. The topological polar surface area (TPSA) is 66.5 Å². The third-order valence-corrected chi connectivity index (χ3v) is 6.85. The maximum atomic E-state index is 12.9. The van der Waals surface area contributed by atoms with Crippen molar-refractivity contribution in [3.05, 3.63) is 63.6 Å². The number of halogens is 5. The molecule has 11 heteroatoms. The van der Waals surface area contributed by atoms with Crippen molar-refractivity contribution in [1.82, 2.24) is 0 Å². The van der Waals surface area contributed by atoms with E-state index in [1.807, 2.05) is 0 Å². The minimum absolute atomic E-state index is 0.0427. The molecule has 5 nitrogen and oxygen atoms in total. The Morgan fingerprint density at radius 1 is 1.10 bits per heavy atom. The van der Waals surface area contributed by atoms with E-state index < -0.39 is 32.7 Å². The lowest BCUT2D eigenvalue weighted by Gasteiger charge is -2.18. The molecule has 30 heavy (non-hydrogen) atoms. The molecule has 1 heterocycles. The molecule has 1 aliphatic heterocycles. The number of hydrogen-bond donors (Lipinski definition) is 1. The molecule has 1 saturated heterocycles. The highest BCUT2D eigenvalue weighted by Crippen LogP contribution is 2.35. The minimum atomic E-state index is -4.62. The van der Waals surface area contributed by atoms with Crippen LogP contribution in [0.3, 0.4) is 0 Å². The molecule has 0 aromatic heterocycles. The quantitative estimate of drug-likeness (QED) is 0.613. The second-order valence-corrected chi connectivity index (χ2v) is 9.29. The van der Waals surface area contributed by atoms with Crippen molar-refractivity contribution in [3.8, 4) is 0 Å². The highest BCUT2D eigenvalue weighted by Gasteiger charge is 2.33. The lowest BCUT2D eigenvalue weighted by molar-refractivity contribution is -0.137. The zero-order chi connectivity index (χ0) is 22.1. The van der Waals surface area contributed by atoms with Crippen LogP contribution < -0.4 is 9.62 Å². The fraction of sp³-hybridized carbons (Fsp3) is 0.211. The van der Waals surface area contributed by atoms with Crippen LogP contribution in [0.15, 0.2) is 42.5 Å². The van der Waals surface area contributed by atoms with E-state index in [-0.39, 0.29) is 22.0 Å². The molecular formula is C19H15Cl2F3N2O3S. The molecule has 1 amide bonds. The van der Waals surface area contributed by atoms with E-state index >= 15 is 0 Å². The molecule has 0 atom stereocenters. The van der Waals surface area contributed by atoms with Gasteiger partial charge in [0.2, 0.25) is 15.9 Å². The van der Waals surface area contributed by atoms with Gasteiger partial charge in [0, 0.05) is 12.6 Å². The molecule has 0 aliphatic carbocycles. The highest BCUT2D eigenvalue weighted by atomic mass is 35.5. The van der Waals surface area contributed by atoms with Gasteiger partial charge in [-0.05, 0) is 48.4 Å². The fourth-order valence-corrected chi connectivity index (χ4v) is 4.85. The van der Waals surface area contributed by atoms with Gasteiger partial charge in [0.25, 0.3) is 0 Å². The molecule has 0 saturated carbocycles. The van der Waals surface area contributed by atoms with Crippen LogP contribution in [0.5, 0.6) is 0 Å². The summed E-state index contributed by atoms with van der Waals surface area (Å²) in [7, 11) is -3.40. The lowest BCUT2D eigenvalue weighted by atomic mass is 10.1. The minimum Gasteiger partial charge on any atom is -0.321 e. The standard InChI is InChI=1S/C19H15Cl2F3N2O3S/c20-15-5-2-12(10-14(15)19(22,23)24)3-7-18(27)25-17-11-13(4-6-16(17)21)26-8-1-9-30(26,28)29/h2-7,10-11H,1,8-9H2,(H,25,27). The van der Waals surface area contributed by atoms with Gasteiger partial charge in [-0.1, -0.05) is 29.3 Å². The van der Waals surface area contributed by atoms with Gasteiger partial charge in [0.15, 0.2) is 0 Å². The van der Waals surface area contributed by atoms with Crippen LogP contribution in [-0.2, 0) is 21.0 Å². The molecule has 160 valence electrons. The summed E-state index contributed by atoms with van der Waals surface area (Å²) in [4.78, 5) is 12.2. The van der Waals surface area contributed by atoms with Gasteiger partial charge in [-0.25, -0.2) is 8.42 Å². The molecule has 0 bridgehead atoms. The average Bonchev–Trinajstić information content (AvgIpc) is 3.01. The van der Waals surface area contributed by atoms with E-state index in [0.29, 0.717) is 18.7 Å². The van der Waals surface area contributed by atoms with E-state index in [9.17, 15) is 26.4 Å². The predicted molar refractivity (Wildman–Crippen MR) is 111 cm³/mol. The summed E-state index contributed by atoms with van der Waals surface area (Å²) in [5.74, 6) is -0.608. The zero-order valence-electron chi connectivity index (χ0n) is 15.2. The maximum absolute atomic E-state index is 12.9. The van der Waals surface area contributed by atoms with Crippen molar-refractivity contribution in [2.24, 2.45) is 0 Å². The number of sulfonamides is 1. The number of benzene rings is 2. The molecule has 2 aromatic carbocycles. The van der Waals surface area contributed by atoms with Gasteiger partial charge >= 0.3 is 6.18 Å². The first-order valence-corrected chi connectivity index (χ1v) is 11.0. The van der Waals surface area contributed by atoms with E-state index in [0.717, 1.165) is 18.2 Å². The Hall–Kier alpha value is -2.23. The van der Waals surface area contributed by atoms with Crippen LogP contribution in [0.1, 0.15) is 17.5 Å². The highest BCUT2D eigenvalue weighted by molar-refractivity contribution is 7.93. The molecule has 1 aliphatic rings. The fourth-order valence-electron chi connectivity index (χ4n) is 2.90. The van der Waals surface area contributed by atoms with Gasteiger partial charge in [-0.3, -0.25) is 9.10 Å². The number of carbonyl (C=O) groups excluding carboxylic acids is 1. The Balaban J connectivity index is 1.78. The number of amides is 1. The second-order valence-electron chi connectivity index (χ2n) is 6.47. The van der Waals surface area contributed by atoms with E-state index in [4.69, 9.17) is 23.2 Å². The molecule has 2 aromatic rings. The third-order valence-electron chi connectivity index (χ3n) is 4.32. The molecule has 0 radical (unpaired) electrons. The molecular weight excluding hydrogens is 464 g/mol. The average molecular weight is 479 g/mol. The molecule has 1 N–H and O–H groups in total. The van der Waals surface area contributed by atoms with Crippen molar-refractivity contribution in [3.63, 3.8) is 0 Å². The van der Waals surface area contributed by atoms with Gasteiger partial charge in [-0.2, -0.15) is 13.2 Å². The molecule has 0 spiro atoms. The van der Waals surface area contributed by atoms with Gasteiger partial charge < -0.3 is 5.32 Å². The summed E-state index contributed by atoms with van der Waals surface area (Å²) < 4.78 is 64.2. The summed E-state index contributed by atoms with van der Waals surface area (Å²) in [5.41, 5.74) is -0.333. The monoisotopic (exact) mass is 478 g/mol. The number of rotatable bonds is 4. The summed E-state index contributed by atoms with van der Waals surface area (Å²) >= 11 is 11.6. The van der Waals surface area contributed by atoms with Crippen LogP contribution in [0.4, 0.5) is 24.5 Å². The second kappa shape index (κ2) is 8.49. The smallest absolute Gasteiger partial charge is 0.321 e. The molecule has 3 rings (SSSR count). The Morgan fingerprint density at radius 3 is 2.43 bits per heavy atom. The van der Waals surface area contributed by atoms with Crippen molar-refractivity contribution in [1.29, 1.82) is 0 Å². The van der Waals surface area contributed by atoms with Crippen molar-refractivity contribution >= 4 is 56.6 Å². The Morgan fingerprint density at radius 2 is 1.80 bits per heavy atom. The summed E-state index contributed by atoms with van der Waals surface area (Å²) in [6, 6.07) is 7.69. The van der Waals surface area contributed by atoms with E-state index in [1.54, 1.807) is 0 Å². The normalized spacial score (nSPS) is 16.2. The van der Waals surface area contributed by atoms with Crippen molar-refractivity contribution in [2.75, 3.05) is 21.9 Å². The van der Waals surface area contributed by atoms with Crippen molar-refractivity contribution < 1.29 is 26.4 Å². The van der Waals surface area contributed by atoms with Gasteiger partial charge in [0.05, 0.1) is 32.7 Å². The molecule has 1 fully saturated rings. The first-order valence-electron chi connectivity index (χ1n) is 8.63. The number of nitrogens with one attached hydrogen (secondary N) is 1. The Bertz CT molecular complexity index is 1120. The SMILES string of the molecule is O=C(C=Cc1ccc(Cl)c(C(F)(F)F)c1)Nc1cc(N2CCCS2(=O)=O)ccc1Cl. The van der Waals surface area contributed by atoms with Gasteiger partial charge in [-0.15, -0.1) is 0 Å². The molecule has 0 unspecified atom stereocenters. The largest absolute Gasteiger partial charge is 0.417 e. The van der Waals surface area contributed by atoms with Crippen molar-refractivity contribution in [2.45, 2.75) is 12.6 Å². The number of hydrogen-bond acceptors (Lipinski definition) is 3. The summed E-state index contributed by atoms with van der Waals surface area (Å²) in [5, 5.41) is 2.24. The van der Waals surface area contributed by atoms with Crippen LogP contribution >= 0.6 is 23.2 Å². The third kappa shape index (κ3) is 5.08. The number of nitrogens with zero attached hydrogens (tertiary/aromatic N) is 1. The van der Waals surface area contributed by atoms with Crippen LogP contribution in [0.25, 0.3) is 6.08 Å². The van der Waals surface area contributed by atoms with Crippen LogP contribution in [0, 0.1) is 0 Å². The van der Waals surface area contributed by atoms with Crippen LogP contribution in [-0.4, -0.2) is 26.6 Å². The zero-order valence-corrected chi connectivity index (χ0v) is 17.5. The summed E-state index contributed by atoms with van der Waals surface area (Å²) in [6.45, 7) is 0.329. The number of anilines is 2. The van der Waals surface area contributed by atoms with E-state index in [1.165, 1.54) is 34.6 Å². The first-order chi connectivity index (χ1) is 14.0. The predicted octanol–water partition coefficient (Wildman–Crippen LogP) is 5.20. The summed E-state index contributed by atoms with van der Waals surface area (Å²) in [6.07, 6.45) is -1.88. The van der Waals surface area contributed by atoms with Crippen LogP contribution in [0.2, 0.25) is 10.0 Å². The number of carbonyl (C=O) groups is 1.